The lowest BCUT2D eigenvalue weighted by Gasteiger charge is -2.11. The summed E-state index contributed by atoms with van der Waals surface area (Å²) in [4.78, 5) is 36.8. The summed E-state index contributed by atoms with van der Waals surface area (Å²) < 4.78 is 1.40. The van der Waals surface area contributed by atoms with E-state index in [-0.39, 0.29) is 17.4 Å². The Bertz CT molecular complexity index is 776. The zero-order chi connectivity index (χ0) is 17.0. The van der Waals surface area contributed by atoms with E-state index < -0.39 is 0 Å². The molecule has 0 atom stereocenters. The van der Waals surface area contributed by atoms with Gasteiger partial charge in [0.05, 0.1) is 0 Å². The Hall–Kier alpha value is -2.89. The van der Waals surface area contributed by atoms with Crippen LogP contribution >= 0.6 is 0 Å². The molecule has 0 bridgehead atoms. The first-order valence-electron chi connectivity index (χ1n) is 7.14. The van der Waals surface area contributed by atoms with Crippen LogP contribution in [0.15, 0.2) is 47.4 Å². The third-order valence-corrected chi connectivity index (χ3v) is 3.43. The molecule has 2 amide bonds. The van der Waals surface area contributed by atoms with Gasteiger partial charge in [-0.3, -0.25) is 14.4 Å². The van der Waals surface area contributed by atoms with Crippen LogP contribution in [-0.2, 0) is 13.6 Å². The number of aryl methyl sites for hydroxylation is 1. The molecule has 0 fully saturated rings. The average molecular weight is 313 g/mol. The van der Waals surface area contributed by atoms with Gasteiger partial charge in [0.25, 0.3) is 17.4 Å². The smallest absolute Gasteiger partial charge is 0.253 e. The largest absolute Gasteiger partial charge is 0.348 e. The zero-order valence-corrected chi connectivity index (χ0v) is 13.4. The summed E-state index contributed by atoms with van der Waals surface area (Å²) >= 11 is 0. The summed E-state index contributed by atoms with van der Waals surface area (Å²) in [5.74, 6) is -0.378. The molecule has 1 heterocycles. The Morgan fingerprint density at radius 1 is 1.09 bits per heavy atom. The first-order valence-corrected chi connectivity index (χ1v) is 7.14. The molecule has 23 heavy (non-hydrogen) atoms. The molecular formula is C17H19N3O3. The molecule has 0 aliphatic rings. The summed E-state index contributed by atoms with van der Waals surface area (Å²) in [6, 6.07) is 9.93. The summed E-state index contributed by atoms with van der Waals surface area (Å²) in [6.07, 6.45) is 1.55. The van der Waals surface area contributed by atoms with Gasteiger partial charge in [-0.25, -0.2) is 0 Å². The van der Waals surface area contributed by atoms with Gasteiger partial charge in [0.15, 0.2) is 0 Å². The van der Waals surface area contributed by atoms with Crippen LogP contribution < -0.4 is 10.9 Å². The fourth-order valence-electron chi connectivity index (χ4n) is 2.00. The van der Waals surface area contributed by atoms with Crippen LogP contribution in [0, 0.1) is 0 Å². The second-order valence-corrected chi connectivity index (χ2v) is 5.44. The first-order chi connectivity index (χ1) is 10.9. The molecule has 0 spiro atoms. The fourth-order valence-corrected chi connectivity index (χ4v) is 2.00. The Morgan fingerprint density at radius 2 is 1.74 bits per heavy atom. The number of benzene rings is 1. The minimum atomic E-state index is -0.309. The maximum Gasteiger partial charge on any atom is 0.253 e. The predicted molar refractivity (Wildman–Crippen MR) is 87.3 cm³/mol. The normalized spacial score (nSPS) is 10.2. The van der Waals surface area contributed by atoms with Crippen molar-refractivity contribution in [3.63, 3.8) is 0 Å². The maximum absolute atomic E-state index is 12.0. The number of pyridine rings is 1. The minimum Gasteiger partial charge on any atom is -0.348 e. The number of carbonyl (C=O) groups is 2. The second kappa shape index (κ2) is 6.91. The Balaban J connectivity index is 2.00. The van der Waals surface area contributed by atoms with E-state index in [1.807, 2.05) is 0 Å². The molecule has 2 rings (SSSR count). The Labute approximate surface area is 134 Å². The van der Waals surface area contributed by atoms with Gasteiger partial charge in [-0.15, -0.1) is 0 Å². The molecule has 0 unspecified atom stereocenters. The van der Waals surface area contributed by atoms with Crippen LogP contribution in [0.3, 0.4) is 0 Å². The highest BCUT2D eigenvalue weighted by molar-refractivity contribution is 5.94. The average Bonchev–Trinajstić information content (AvgIpc) is 2.54. The third-order valence-electron chi connectivity index (χ3n) is 3.43. The van der Waals surface area contributed by atoms with Gasteiger partial charge in [-0.2, -0.15) is 0 Å². The molecule has 120 valence electrons. The van der Waals surface area contributed by atoms with Crippen molar-refractivity contribution in [2.24, 2.45) is 7.05 Å². The van der Waals surface area contributed by atoms with Gasteiger partial charge >= 0.3 is 0 Å². The second-order valence-electron chi connectivity index (χ2n) is 5.44. The monoisotopic (exact) mass is 313 g/mol. The van der Waals surface area contributed by atoms with Gasteiger partial charge in [0.1, 0.15) is 0 Å². The maximum atomic E-state index is 12.0. The van der Waals surface area contributed by atoms with Crippen LogP contribution in [0.4, 0.5) is 0 Å². The van der Waals surface area contributed by atoms with Crippen molar-refractivity contribution in [3.05, 3.63) is 69.6 Å². The van der Waals surface area contributed by atoms with E-state index in [0.29, 0.717) is 17.7 Å². The predicted octanol–water partition coefficient (Wildman–Crippen LogP) is 1.02. The highest BCUT2D eigenvalue weighted by Gasteiger charge is 2.09. The molecule has 0 saturated carbocycles. The lowest BCUT2D eigenvalue weighted by molar-refractivity contribution is 0.0827. The fraction of sp³-hybridized carbons (Fsp3) is 0.235. The van der Waals surface area contributed by atoms with E-state index in [0.717, 1.165) is 5.56 Å². The lowest BCUT2D eigenvalue weighted by Crippen LogP contribution is -2.26. The van der Waals surface area contributed by atoms with Crippen molar-refractivity contribution in [2.45, 2.75) is 6.54 Å². The van der Waals surface area contributed by atoms with Crippen LogP contribution in [0.25, 0.3) is 0 Å². The molecule has 0 aliphatic heterocycles. The van der Waals surface area contributed by atoms with E-state index >= 15 is 0 Å². The van der Waals surface area contributed by atoms with Crippen molar-refractivity contribution in [2.75, 3.05) is 14.1 Å². The number of aromatic nitrogens is 1. The van der Waals surface area contributed by atoms with Gasteiger partial charge in [-0.05, 0) is 23.8 Å². The van der Waals surface area contributed by atoms with Crippen molar-refractivity contribution in [1.29, 1.82) is 0 Å². The lowest BCUT2D eigenvalue weighted by atomic mass is 10.1. The molecule has 2 aromatic rings. The van der Waals surface area contributed by atoms with Crippen LogP contribution in [0.1, 0.15) is 26.3 Å². The summed E-state index contributed by atoms with van der Waals surface area (Å²) in [6.45, 7) is 0.324. The zero-order valence-electron chi connectivity index (χ0n) is 13.4. The van der Waals surface area contributed by atoms with E-state index in [2.05, 4.69) is 5.32 Å². The molecule has 6 heteroatoms. The molecule has 1 aromatic carbocycles. The molecular weight excluding hydrogens is 294 g/mol. The van der Waals surface area contributed by atoms with Gasteiger partial charge in [-0.1, -0.05) is 12.1 Å². The first kappa shape index (κ1) is 16.5. The standard InChI is InChI=1S/C17H19N3O3/c1-19(2)17(23)13-6-4-12(5-7-13)11-18-16(22)14-8-9-20(3)15(21)10-14/h4-10H,11H2,1-3H3,(H,18,22). The molecule has 1 aromatic heterocycles. The summed E-state index contributed by atoms with van der Waals surface area (Å²) in [5.41, 5.74) is 1.56. The number of rotatable bonds is 4. The van der Waals surface area contributed by atoms with E-state index in [1.54, 1.807) is 57.7 Å². The van der Waals surface area contributed by atoms with E-state index in [4.69, 9.17) is 0 Å². The van der Waals surface area contributed by atoms with Crippen molar-refractivity contribution in [3.8, 4) is 0 Å². The third kappa shape index (κ3) is 4.06. The number of nitrogens with zero attached hydrogens (tertiary/aromatic N) is 2. The number of amides is 2. The number of hydrogen-bond donors (Lipinski definition) is 1. The number of hydrogen-bond acceptors (Lipinski definition) is 3. The Kier molecular flexibility index (Phi) is 4.95. The number of nitrogens with one attached hydrogen (secondary N) is 1. The molecule has 1 N–H and O–H groups in total. The van der Waals surface area contributed by atoms with Crippen molar-refractivity contribution < 1.29 is 9.59 Å². The van der Waals surface area contributed by atoms with E-state index in [1.165, 1.54) is 15.5 Å². The van der Waals surface area contributed by atoms with E-state index in [9.17, 15) is 14.4 Å². The summed E-state index contributed by atoms with van der Waals surface area (Å²) in [5, 5.41) is 2.75. The summed E-state index contributed by atoms with van der Waals surface area (Å²) in [7, 11) is 5.02. The molecule has 0 aliphatic carbocycles. The quantitative estimate of drug-likeness (QED) is 0.916. The van der Waals surface area contributed by atoms with Gasteiger partial charge in [0, 0.05) is 51.1 Å². The van der Waals surface area contributed by atoms with Crippen LogP contribution in [0.2, 0.25) is 0 Å². The van der Waals surface area contributed by atoms with Gasteiger partial charge in [0.2, 0.25) is 0 Å². The van der Waals surface area contributed by atoms with Crippen molar-refractivity contribution >= 4 is 11.8 Å². The molecule has 0 saturated heterocycles. The highest BCUT2D eigenvalue weighted by Crippen LogP contribution is 2.06. The van der Waals surface area contributed by atoms with Gasteiger partial charge < -0.3 is 14.8 Å². The van der Waals surface area contributed by atoms with Crippen LogP contribution in [0.5, 0.6) is 0 Å². The minimum absolute atomic E-state index is 0.0688. The van der Waals surface area contributed by atoms with Crippen LogP contribution in [-0.4, -0.2) is 35.4 Å². The molecule has 0 radical (unpaired) electrons. The SMILES string of the molecule is CN(C)C(=O)c1ccc(CNC(=O)c2ccn(C)c(=O)c2)cc1. The number of carbonyl (C=O) groups excluding carboxylic acids is 2. The highest BCUT2D eigenvalue weighted by atomic mass is 16.2. The Morgan fingerprint density at radius 3 is 2.30 bits per heavy atom. The topological polar surface area (TPSA) is 71.4 Å². The molecule has 6 nitrogen and oxygen atoms in total. The van der Waals surface area contributed by atoms with Crippen molar-refractivity contribution in [1.82, 2.24) is 14.8 Å².